The number of alkyl halides is 3. The molecule has 0 fully saturated rings. The number of nitrogens with one attached hydrogen (secondary N) is 1. The standard InChI is InChI=1S/C24H19F3N6O2/c1-15-4-3-9-32-13-18(29-22(15)32)14-35-19-6-2-5-16(10-19)23(34)28-11-21-31-30-20-8-7-17(12-33(20)21)24(25,26)27/h2-10,12-13H,11,14H2,1H3,(H,28,34). The number of aromatic nitrogens is 5. The fourth-order valence-corrected chi connectivity index (χ4v) is 3.65. The largest absolute Gasteiger partial charge is 0.487 e. The van der Waals surface area contributed by atoms with Crippen molar-refractivity contribution in [2.45, 2.75) is 26.3 Å². The number of nitrogens with zero attached hydrogens (tertiary/aromatic N) is 5. The van der Waals surface area contributed by atoms with Gasteiger partial charge in [-0.25, -0.2) is 4.98 Å². The molecule has 5 rings (SSSR count). The Labute approximate surface area is 197 Å². The van der Waals surface area contributed by atoms with Gasteiger partial charge in [0.1, 0.15) is 18.0 Å². The van der Waals surface area contributed by atoms with Crippen LogP contribution in [0.3, 0.4) is 0 Å². The van der Waals surface area contributed by atoms with Crippen molar-refractivity contribution in [1.29, 1.82) is 0 Å². The monoisotopic (exact) mass is 480 g/mol. The van der Waals surface area contributed by atoms with E-state index in [-0.39, 0.29) is 24.6 Å². The first-order valence-corrected chi connectivity index (χ1v) is 10.6. The van der Waals surface area contributed by atoms with Gasteiger partial charge >= 0.3 is 6.18 Å². The van der Waals surface area contributed by atoms with Crippen molar-refractivity contribution in [3.05, 3.63) is 95.3 Å². The van der Waals surface area contributed by atoms with E-state index in [0.29, 0.717) is 11.3 Å². The molecular weight excluding hydrogens is 461 g/mol. The predicted octanol–water partition coefficient (Wildman–Crippen LogP) is 4.21. The van der Waals surface area contributed by atoms with Gasteiger partial charge < -0.3 is 14.5 Å². The maximum Gasteiger partial charge on any atom is 0.417 e. The minimum Gasteiger partial charge on any atom is -0.487 e. The fraction of sp³-hybridized carbons (Fsp3) is 0.167. The highest BCUT2D eigenvalue weighted by Gasteiger charge is 2.31. The molecule has 0 atom stereocenters. The zero-order valence-corrected chi connectivity index (χ0v) is 18.5. The molecule has 1 N–H and O–H groups in total. The Morgan fingerprint density at radius 2 is 1.94 bits per heavy atom. The highest BCUT2D eigenvalue weighted by Crippen LogP contribution is 2.29. The number of carbonyl (C=O) groups excluding carboxylic acids is 1. The summed E-state index contributed by atoms with van der Waals surface area (Å²) in [6.07, 6.45) is 0.200. The molecule has 0 aliphatic heterocycles. The third-order valence-electron chi connectivity index (χ3n) is 5.42. The average Bonchev–Trinajstić information content (AvgIpc) is 3.45. The lowest BCUT2D eigenvalue weighted by Gasteiger charge is -2.09. The van der Waals surface area contributed by atoms with Crippen LogP contribution in [0, 0.1) is 6.92 Å². The van der Waals surface area contributed by atoms with Crippen molar-refractivity contribution in [2.24, 2.45) is 0 Å². The van der Waals surface area contributed by atoms with E-state index in [9.17, 15) is 18.0 Å². The van der Waals surface area contributed by atoms with Crippen LogP contribution in [0.1, 0.15) is 33.0 Å². The lowest BCUT2D eigenvalue weighted by molar-refractivity contribution is -0.137. The summed E-state index contributed by atoms with van der Waals surface area (Å²) in [5.41, 5.74) is 2.39. The topological polar surface area (TPSA) is 85.8 Å². The first-order chi connectivity index (χ1) is 16.8. The summed E-state index contributed by atoms with van der Waals surface area (Å²) < 4.78 is 48.0. The van der Waals surface area contributed by atoms with Crippen LogP contribution < -0.4 is 10.1 Å². The number of halogens is 3. The number of benzene rings is 1. The lowest BCUT2D eigenvalue weighted by Crippen LogP contribution is -2.24. The van der Waals surface area contributed by atoms with E-state index in [0.717, 1.165) is 29.2 Å². The molecule has 0 aliphatic carbocycles. The second-order valence-electron chi connectivity index (χ2n) is 7.91. The normalized spacial score (nSPS) is 11.8. The van der Waals surface area contributed by atoms with Crippen LogP contribution in [0.25, 0.3) is 11.3 Å². The quantitative estimate of drug-likeness (QED) is 0.394. The van der Waals surface area contributed by atoms with E-state index in [2.05, 4.69) is 20.5 Å². The maximum atomic E-state index is 13.0. The Kier molecular flexibility index (Phi) is 5.59. The minimum atomic E-state index is -4.50. The summed E-state index contributed by atoms with van der Waals surface area (Å²) in [7, 11) is 0. The molecule has 178 valence electrons. The summed E-state index contributed by atoms with van der Waals surface area (Å²) in [6, 6.07) is 12.7. The van der Waals surface area contributed by atoms with Gasteiger partial charge in [0.05, 0.1) is 17.8 Å². The highest BCUT2D eigenvalue weighted by atomic mass is 19.4. The number of ether oxygens (including phenoxy) is 1. The first kappa shape index (κ1) is 22.4. The number of imidazole rings is 1. The highest BCUT2D eigenvalue weighted by molar-refractivity contribution is 5.94. The Bertz CT molecular complexity index is 1540. The van der Waals surface area contributed by atoms with Gasteiger partial charge in [-0.1, -0.05) is 12.1 Å². The van der Waals surface area contributed by atoms with Gasteiger partial charge in [-0.05, 0) is 48.9 Å². The zero-order chi connectivity index (χ0) is 24.6. The van der Waals surface area contributed by atoms with E-state index < -0.39 is 17.6 Å². The fourth-order valence-electron chi connectivity index (χ4n) is 3.65. The molecule has 0 bridgehead atoms. The van der Waals surface area contributed by atoms with Crippen molar-refractivity contribution < 1.29 is 22.7 Å². The van der Waals surface area contributed by atoms with Crippen LogP contribution in [-0.4, -0.2) is 29.9 Å². The molecule has 0 radical (unpaired) electrons. The molecule has 0 aliphatic rings. The second-order valence-corrected chi connectivity index (χ2v) is 7.91. The molecule has 8 nitrogen and oxygen atoms in total. The minimum absolute atomic E-state index is 0.104. The van der Waals surface area contributed by atoms with Crippen LogP contribution in [0.4, 0.5) is 13.2 Å². The zero-order valence-electron chi connectivity index (χ0n) is 18.5. The number of amides is 1. The summed E-state index contributed by atoms with van der Waals surface area (Å²) in [4.78, 5) is 17.2. The molecule has 0 saturated carbocycles. The predicted molar refractivity (Wildman–Crippen MR) is 120 cm³/mol. The number of pyridine rings is 2. The molecule has 1 aromatic carbocycles. The Balaban J connectivity index is 1.25. The van der Waals surface area contributed by atoms with Crippen molar-refractivity contribution in [3.63, 3.8) is 0 Å². The van der Waals surface area contributed by atoms with Crippen molar-refractivity contribution >= 4 is 17.2 Å². The SMILES string of the molecule is Cc1cccn2cc(COc3cccc(C(=O)NCc4nnc5ccc(C(F)(F)F)cn45)c3)nc12. The van der Waals surface area contributed by atoms with E-state index in [1.807, 2.05) is 35.9 Å². The Hall–Kier alpha value is -4.41. The summed E-state index contributed by atoms with van der Waals surface area (Å²) >= 11 is 0. The molecular formula is C24H19F3N6O2. The summed E-state index contributed by atoms with van der Waals surface area (Å²) in [5.74, 6) is 0.228. The number of rotatable bonds is 6. The maximum absolute atomic E-state index is 13.0. The molecule has 1 amide bonds. The third kappa shape index (κ3) is 4.65. The van der Waals surface area contributed by atoms with Gasteiger partial charge in [0, 0.05) is 24.2 Å². The van der Waals surface area contributed by atoms with Gasteiger partial charge in [0.2, 0.25) is 0 Å². The second kappa shape index (κ2) is 8.75. The van der Waals surface area contributed by atoms with Gasteiger partial charge in [-0.15, -0.1) is 10.2 Å². The van der Waals surface area contributed by atoms with Crippen LogP contribution in [-0.2, 0) is 19.3 Å². The smallest absolute Gasteiger partial charge is 0.417 e. The van der Waals surface area contributed by atoms with Crippen molar-refractivity contribution in [2.75, 3.05) is 0 Å². The van der Waals surface area contributed by atoms with Crippen molar-refractivity contribution in [3.8, 4) is 5.75 Å². The lowest BCUT2D eigenvalue weighted by atomic mass is 10.2. The van der Waals surface area contributed by atoms with Crippen LogP contribution >= 0.6 is 0 Å². The molecule has 0 unspecified atom stereocenters. The summed E-state index contributed by atoms with van der Waals surface area (Å²) in [6.45, 7) is 2.10. The molecule has 4 heterocycles. The molecule has 0 saturated heterocycles. The number of fused-ring (bicyclic) bond motifs is 2. The van der Waals surface area contributed by atoms with Crippen LogP contribution in [0.5, 0.6) is 5.75 Å². The van der Waals surface area contributed by atoms with E-state index >= 15 is 0 Å². The number of hydrogen-bond acceptors (Lipinski definition) is 5. The Morgan fingerprint density at radius 3 is 2.74 bits per heavy atom. The Morgan fingerprint density at radius 1 is 1.09 bits per heavy atom. The van der Waals surface area contributed by atoms with Crippen LogP contribution in [0.2, 0.25) is 0 Å². The van der Waals surface area contributed by atoms with Gasteiger partial charge in [0.15, 0.2) is 11.5 Å². The molecule has 35 heavy (non-hydrogen) atoms. The number of carbonyl (C=O) groups is 1. The van der Waals surface area contributed by atoms with Gasteiger partial charge in [-0.2, -0.15) is 13.2 Å². The van der Waals surface area contributed by atoms with E-state index in [4.69, 9.17) is 4.74 Å². The average molecular weight is 480 g/mol. The number of aryl methyl sites for hydroxylation is 1. The molecule has 11 heteroatoms. The number of hydrogen-bond donors (Lipinski definition) is 1. The van der Waals surface area contributed by atoms with Gasteiger partial charge in [0.25, 0.3) is 5.91 Å². The summed E-state index contributed by atoms with van der Waals surface area (Å²) in [5, 5.41) is 10.4. The third-order valence-corrected chi connectivity index (χ3v) is 5.42. The molecule has 0 spiro atoms. The molecule has 5 aromatic rings. The van der Waals surface area contributed by atoms with Gasteiger partial charge in [-0.3, -0.25) is 9.20 Å². The molecule has 4 aromatic heterocycles. The van der Waals surface area contributed by atoms with Crippen LogP contribution in [0.15, 0.2) is 67.1 Å². The first-order valence-electron chi connectivity index (χ1n) is 10.6. The van der Waals surface area contributed by atoms with E-state index in [1.165, 1.54) is 10.5 Å². The van der Waals surface area contributed by atoms with E-state index in [1.54, 1.807) is 24.3 Å². The van der Waals surface area contributed by atoms with Crippen molar-refractivity contribution in [1.82, 2.24) is 29.3 Å².